The van der Waals surface area contributed by atoms with Crippen LogP contribution in [0.3, 0.4) is 0 Å². The van der Waals surface area contributed by atoms with Crippen molar-refractivity contribution in [2.24, 2.45) is 5.92 Å². The Morgan fingerprint density at radius 2 is 2.24 bits per heavy atom. The van der Waals surface area contributed by atoms with E-state index < -0.39 is 5.97 Å². The van der Waals surface area contributed by atoms with Crippen LogP contribution in [0.1, 0.15) is 30.1 Å². The summed E-state index contributed by atoms with van der Waals surface area (Å²) in [5.41, 5.74) is 0.221. The number of piperidine rings is 1. The van der Waals surface area contributed by atoms with Crippen LogP contribution in [0.15, 0.2) is 27.6 Å². The van der Waals surface area contributed by atoms with E-state index in [0.29, 0.717) is 16.1 Å². The Morgan fingerprint density at radius 3 is 2.90 bits per heavy atom. The number of thioether (sulfide) groups is 1. The van der Waals surface area contributed by atoms with Gasteiger partial charge in [0, 0.05) is 22.5 Å². The lowest BCUT2D eigenvalue weighted by molar-refractivity contribution is -0.130. The fraction of sp³-hybridized carbons (Fsp3) is 0.467. The van der Waals surface area contributed by atoms with Gasteiger partial charge in [-0.3, -0.25) is 4.79 Å². The van der Waals surface area contributed by atoms with E-state index in [4.69, 9.17) is 5.11 Å². The van der Waals surface area contributed by atoms with Gasteiger partial charge in [0.05, 0.1) is 11.3 Å². The average Bonchev–Trinajstić information content (AvgIpc) is 2.45. The molecule has 0 saturated carbocycles. The minimum absolute atomic E-state index is 0.131. The fourth-order valence-corrected chi connectivity index (χ4v) is 3.66. The van der Waals surface area contributed by atoms with Crippen molar-refractivity contribution < 1.29 is 14.7 Å². The fourth-order valence-electron chi connectivity index (χ4n) is 2.41. The Hall–Kier alpha value is -1.01. The number of hydrogen-bond donors (Lipinski definition) is 1. The molecule has 0 aliphatic carbocycles. The van der Waals surface area contributed by atoms with Gasteiger partial charge in [0.25, 0.3) is 0 Å². The minimum atomic E-state index is -0.972. The first kappa shape index (κ1) is 16.4. The van der Waals surface area contributed by atoms with Crippen LogP contribution >= 0.6 is 27.7 Å². The summed E-state index contributed by atoms with van der Waals surface area (Å²) < 4.78 is 0.551. The number of nitrogens with zero attached hydrogens (tertiary/aromatic N) is 1. The van der Waals surface area contributed by atoms with E-state index in [9.17, 15) is 9.59 Å². The van der Waals surface area contributed by atoms with Crippen molar-refractivity contribution >= 4 is 39.6 Å². The highest BCUT2D eigenvalue weighted by Gasteiger charge is 2.21. The number of rotatable bonds is 4. The Morgan fingerprint density at radius 1 is 1.48 bits per heavy atom. The summed E-state index contributed by atoms with van der Waals surface area (Å²) in [4.78, 5) is 26.0. The summed E-state index contributed by atoms with van der Waals surface area (Å²) in [6, 6.07) is 5.13. The molecular weight excluding hydrogens is 354 g/mol. The highest BCUT2D eigenvalue weighted by atomic mass is 79.9. The Bertz CT molecular complexity index is 550. The van der Waals surface area contributed by atoms with Crippen LogP contribution in [0.4, 0.5) is 0 Å². The molecule has 2 rings (SSSR count). The number of aromatic carboxylic acids is 1. The second-order valence-electron chi connectivity index (χ2n) is 5.32. The molecule has 1 aliphatic heterocycles. The van der Waals surface area contributed by atoms with E-state index in [1.54, 1.807) is 12.1 Å². The van der Waals surface area contributed by atoms with Crippen LogP contribution in [-0.4, -0.2) is 40.7 Å². The topological polar surface area (TPSA) is 57.6 Å². The van der Waals surface area contributed by atoms with Gasteiger partial charge in [-0.1, -0.05) is 6.92 Å². The van der Waals surface area contributed by atoms with E-state index in [2.05, 4.69) is 22.9 Å². The SMILES string of the molecule is CC1CCCN(C(=O)CSc2ccc(Br)c(C(=O)O)c2)C1. The lowest BCUT2D eigenvalue weighted by atomic mass is 10.0. The number of hydrogen-bond acceptors (Lipinski definition) is 3. The van der Waals surface area contributed by atoms with E-state index in [0.717, 1.165) is 24.4 Å². The second kappa shape index (κ2) is 7.31. The van der Waals surface area contributed by atoms with Crippen molar-refractivity contribution in [3.8, 4) is 0 Å². The third-order valence-corrected chi connectivity index (χ3v) is 5.21. The Kier molecular flexibility index (Phi) is 5.70. The maximum Gasteiger partial charge on any atom is 0.336 e. The predicted octanol–water partition coefficient (Wildman–Crippen LogP) is 3.50. The van der Waals surface area contributed by atoms with E-state index in [1.165, 1.54) is 18.2 Å². The van der Waals surface area contributed by atoms with Crippen molar-refractivity contribution in [1.82, 2.24) is 4.90 Å². The summed E-state index contributed by atoms with van der Waals surface area (Å²) >= 11 is 4.60. The highest BCUT2D eigenvalue weighted by Crippen LogP contribution is 2.26. The second-order valence-corrected chi connectivity index (χ2v) is 7.23. The average molecular weight is 372 g/mol. The third-order valence-electron chi connectivity index (χ3n) is 3.54. The number of halogens is 1. The molecular formula is C15H18BrNO3S. The van der Waals surface area contributed by atoms with Crippen molar-refractivity contribution in [2.75, 3.05) is 18.8 Å². The first-order valence-electron chi connectivity index (χ1n) is 6.91. The van der Waals surface area contributed by atoms with Gasteiger partial charge < -0.3 is 10.0 Å². The summed E-state index contributed by atoms with van der Waals surface area (Å²) in [7, 11) is 0. The number of carbonyl (C=O) groups is 2. The summed E-state index contributed by atoms with van der Waals surface area (Å²) in [6.07, 6.45) is 2.25. The maximum absolute atomic E-state index is 12.2. The largest absolute Gasteiger partial charge is 0.478 e. The first-order chi connectivity index (χ1) is 9.97. The Balaban J connectivity index is 1.95. The molecule has 1 heterocycles. The molecule has 1 atom stereocenters. The van der Waals surface area contributed by atoms with Gasteiger partial charge in [0.15, 0.2) is 0 Å². The van der Waals surface area contributed by atoms with E-state index in [1.807, 2.05) is 11.0 Å². The minimum Gasteiger partial charge on any atom is -0.478 e. The monoisotopic (exact) mass is 371 g/mol. The van der Waals surface area contributed by atoms with Gasteiger partial charge in [-0.05, 0) is 52.9 Å². The lowest BCUT2D eigenvalue weighted by Crippen LogP contribution is -2.40. The number of benzene rings is 1. The normalized spacial score (nSPS) is 18.6. The first-order valence-corrected chi connectivity index (χ1v) is 8.68. The third kappa shape index (κ3) is 4.48. The molecule has 1 saturated heterocycles. The van der Waals surface area contributed by atoms with Gasteiger partial charge in [0.1, 0.15) is 0 Å². The number of carboxylic acid groups (broad SMARTS) is 1. The van der Waals surface area contributed by atoms with Crippen LogP contribution in [0.25, 0.3) is 0 Å². The van der Waals surface area contributed by atoms with Crippen LogP contribution < -0.4 is 0 Å². The van der Waals surface area contributed by atoms with Gasteiger partial charge in [0.2, 0.25) is 5.91 Å². The maximum atomic E-state index is 12.2. The quantitative estimate of drug-likeness (QED) is 0.822. The molecule has 0 spiro atoms. The zero-order valence-electron chi connectivity index (χ0n) is 11.8. The van der Waals surface area contributed by atoms with Gasteiger partial charge in [-0.2, -0.15) is 0 Å². The van der Waals surface area contributed by atoms with Gasteiger partial charge in [-0.25, -0.2) is 4.79 Å². The molecule has 6 heteroatoms. The van der Waals surface area contributed by atoms with Crippen molar-refractivity contribution in [3.05, 3.63) is 28.2 Å². The molecule has 1 aliphatic rings. The standard InChI is InChI=1S/C15H18BrNO3S/c1-10-3-2-6-17(8-10)14(18)9-21-11-4-5-13(16)12(7-11)15(19)20/h4-5,7,10H,2-3,6,8-9H2,1H3,(H,19,20). The Labute approximate surface area is 137 Å². The number of carbonyl (C=O) groups excluding carboxylic acids is 1. The van der Waals surface area contributed by atoms with Crippen molar-refractivity contribution in [2.45, 2.75) is 24.7 Å². The van der Waals surface area contributed by atoms with Gasteiger partial charge in [-0.15, -0.1) is 11.8 Å². The molecule has 1 fully saturated rings. The zero-order valence-corrected chi connectivity index (χ0v) is 14.2. The zero-order chi connectivity index (χ0) is 15.4. The molecule has 1 unspecified atom stereocenters. The summed E-state index contributed by atoms with van der Waals surface area (Å²) in [6.45, 7) is 3.84. The van der Waals surface area contributed by atoms with Crippen LogP contribution in [-0.2, 0) is 4.79 Å². The molecule has 0 aromatic heterocycles. The smallest absolute Gasteiger partial charge is 0.336 e. The molecule has 114 valence electrons. The molecule has 1 aromatic carbocycles. The van der Waals surface area contributed by atoms with Crippen molar-refractivity contribution in [3.63, 3.8) is 0 Å². The molecule has 1 amide bonds. The van der Waals surface area contributed by atoms with E-state index >= 15 is 0 Å². The molecule has 21 heavy (non-hydrogen) atoms. The van der Waals surface area contributed by atoms with Gasteiger partial charge >= 0.3 is 5.97 Å². The number of carboxylic acids is 1. The van der Waals surface area contributed by atoms with Crippen molar-refractivity contribution in [1.29, 1.82) is 0 Å². The molecule has 1 N–H and O–H groups in total. The molecule has 0 radical (unpaired) electrons. The van der Waals surface area contributed by atoms with Crippen LogP contribution in [0.2, 0.25) is 0 Å². The molecule has 0 bridgehead atoms. The van der Waals surface area contributed by atoms with E-state index in [-0.39, 0.29) is 11.5 Å². The lowest BCUT2D eigenvalue weighted by Gasteiger charge is -2.30. The molecule has 1 aromatic rings. The highest BCUT2D eigenvalue weighted by molar-refractivity contribution is 9.10. The summed E-state index contributed by atoms with van der Waals surface area (Å²) in [5.74, 6) is 0.0822. The van der Waals surface area contributed by atoms with Crippen LogP contribution in [0.5, 0.6) is 0 Å². The number of likely N-dealkylation sites (tertiary alicyclic amines) is 1. The summed E-state index contributed by atoms with van der Waals surface area (Å²) in [5, 5.41) is 9.09. The van der Waals surface area contributed by atoms with Crippen LogP contribution in [0, 0.1) is 5.92 Å². The number of amides is 1. The molecule has 4 nitrogen and oxygen atoms in total. The predicted molar refractivity (Wildman–Crippen MR) is 86.8 cm³/mol.